The van der Waals surface area contributed by atoms with Crippen molar-refractivity contribution in [1.29, 1.82) is 5.26 Å². The fraction of sp³-hybridized carbons (Fsp3) is 0.308. The molecule has 1 N–H and O–H groups in total. The highest BCUT2D eigenvalue weighted by Gasteiger charge is 2.41. The summed E-state index contributed by atoms with van der Waals surface area (Å²) in [5.41, 5.74) is -0.0623. The topological polar surface area (TPSA) is 73.2 Å². The molecule has 5 nitrogen and oxygen atoms in total. The van der Waals surface area contributed by atoms with E-state index >= 15 is 0 Å². The van der Waals surface area contributed by atoms with Crippen LogP contribution in [0.2, 0.25) is 5.02 Å². The third kappa shape index (κ3) is 2.27. The number of anilines is 1. The number of nitriles is 1. The Hall–Kier alpha value is -2.06. The molecule has 6 heteroatoms. The molecule has 0 saturated carbocycles. The predicted octanol–water partition coefficient (Wildman–Crippen LogP) is 1.45. The lowest BCUT2D eigenvalue weighted by molar-refractivity contribution is -0.135. The minimum absolute atomic E-state index is 0.00770. The van der Waals surface area contributed by atoms with Crippen LogP contribution < -0.4 is 10.2 Å². The molecule has 1 aromatic carbocycles. The van der Waals surface area contributed by atoms with Crippen LogP contribution in [0, 0.1) is 11.3 Å². The van der Waals surface area contributed by atoms with Gasteiger partial charge in [0, 0.05) is 5.02 Å². The highest BCUT2D eigenvalue weighted by molar-refractivity contribution is 6.31. The van der Waals surface area contributed by atoms with Crippen LogP contribution in [0.15, 0.2) is 18.2 Å². The van der Waals surface area contributed by atoms with Gasteiger partial charge < -0.3 is 4.90 Å². The van der Waals surface area contributed by atoms with Crippen LogP contribution in [0.1, 0.15) is 19.4 Å². The second kappa shape index (κ2) is 4.56. The van der Waals surface area contributed by atoms with Gasteiger partial charge in [0.2, 0.25) is 5.91 Å². The number of nitrogens with zero attached hydrogens (tertiary/aromatic N) is 2. The summed E-state index contributed by atoms with van der Waals surface area (Å²) in [5.74, 6) is -0.791. The summed E-state index contributed by atoms with van der Waals surface area (Å²) in [6.07, 6.45) is 0. The third-order valence-corrected chi connectivity index (χ3v) is 3.39. The molecule has 1 heterocycles. The predicted molar refractivity (Wildman–Crippen MR) is 70.7 cm³/mol. The van der Waals surface area contributed by atoms with E-state index in [2.05, 4.69) is 5.32 Å². The maximum Gasteiger partial charge on any atom is 0.251 e. The second-order valence-corrected chi connectivity index (χ2v) is 5.23. The van der Waals surface area contributed by atoms with Crippen molar-refractivity contribution in [2.75, 3.05) is 11.4 Å². The summed E-state index contributed by atoms with van der Waals surface area (Å²) in [6.45, 7) is 3.39. The Morgan fingerprint density at radius 3 is 2.74 bits per heavy atom. The van der Waals surface area contributed by atoms with Gasteiger partial charge in [-0.25, -0.2) is 0 Å². The molecule has 2 amide bonds. The van der Waals surface area contributed by atoms with E-state index in [0.29, 0.717) is 16.3 Å². The van der Waals surface area contributed by atoms with Gasteiger partial charge >= 0.3 is 0 Å². The van der Waals surface area contributed by atoms with Crippen LogP contribution >= 0.6 is 11.6 Å². The van der Waals surface area contributed by atoms with E-state index < -0.39 is 17.4 Å². The molecule has 0 atom stereocenters. The molecule has 0 aromatic heterocycles. The van der Waals surface area contributed by atoms with E-state index in [-0.39, 0.29) is 6.54 Å². The van der Waals surface area contributed by atoms with Crippen molar-refractivity contribution < 1.29 is 9.59 Å². The normalized spacial score (nSPS) is 17.9. The van der Waals surface area contributed by atoms with Crippen LogP contribution in [0.4, 0.5) is 5.69 Å². The Morgan fingerprint density at radius 2 is 2.11 bits per heavy atom. The summed E-state index contributed by atoms with van der Waals surface area (Å²) >= 11 is 5.94. The average molecular weight is 278 g/mol. The lowest BCUT2D eigenvalue weighted by Crippen LogP contribution is -2.64. The summed E-state index contributed by atoms with van der Waals surface area (Å²) in [7, 11) is 0. The summed E-state index contributed by atoms with van der Waals surface area (Å²) in [4.78, 5) is 25.0. The monoisotopic (exact) mass is 277 g/mol. The minimum atomic E-state index is -0.926. The van der Waals surface area contributed by atoms with Crippen molar-refractivity contribution in [3.63, 3.8) is 0 Å². The molecular weight excluding hydrogens is 266 g/mol. The van der Waals surface area contributed by atoms with Gasteiger partial charge in [-0.2, -0.15) is 5.26 Å². The molecule has 2 rings (SSSR count). The van der Waals surface area contributed by atoms with Gasteiger partial charge in [-0.05, 0) is 32.0 Å². The van der Waals surface area contributed by atoms with Crippen molar-refractivity contribution in [3.05, 3.63) is 28.8 Å². The zero-order chi connectivity index (χ0) is 14.2. The van der Waals surface area contributed by atoms with Gasteiger partial charge in [0.15, 0.2) is 0 Å². The summed E-state index contributed by atoms with van der Waals surface area (Å²) in [6, 6.07) is 6.81. The Balaban J connectivity index is 2.56. The Kier molecular flexibility index (Phi) is 3.21. The smallest absolute Gasteiger partial charge is 0.251 e. The van der Waals surface area contributed by atoms with E-state index in [1.807, 2.05) is 6.07 Å². The van der Waals surface area contributed by atoms with Gasteiger partial charge in [-0.3, -0.25) is 14.9 Å². The van der Waals surface area contributed by atoms with Crippen LogP contribution in [-0.2, 0) is 9.59 Å². The molecule has 1 aromatic rings. The number of rotatable bonds is 1. The van der Waals surface area contributed by atoms with Gasteiger partial charge in [-0.1, -0.05) is 11.6 Å². The quantitative estimate of drug-likeness (QED) is 0.789. The molecule has 1 fully saturated rings. The van der Waals surface area contributed by atoms with Crippen LogP contribution in [-0.4, -0.2) is 23.9 Å². The van der Waals surface area contributed by atoms with E-state index in [9.17, 15) is 9.59 Å². The number of halogens is 1. The lowest BCUT2D eigenvalue weighted by atomic mass is 9.96. The average Bonchev–Trinajstić information content (AvgIpc) is 2.34. The van der Waals surface area contributed by atoms with E-state index in [0.717, 1.165) is 0 Å². The maximum absolute atomic E-state index is 11.9. The third-order valence-electron chi connectivity index (χ3n) is 3.16. The number of benzene rings is 1. The van der Waals surface area contributed by atoms with Crippen LogP contribution in [0.3, 0.4) is 0 Å². The first-order chi connectivity index (χ1) is 8.86. The van der Waals surface area contributed by atoms with Crippen molar-refractivity contribution >= 4 is 29.1 Å². The molecule has 0 unspecified atom stereocenters. The Morgan fingerprint density at radius 1 is 1.42 bits per heavy atom. The van der Waals surface area contributed by atoms with Crippen LogP contribution in [0.25, 0.3) is 0 Å². The number of imide groups is 1. The Labute approximate surface area is 115 Å². The number of carbonyl (C=O) groups excluding carboxylic acids is 2. The first kappa shape index (κ1) is 13.4. The SMILES string of the molecule is CC1(C)C(=O)NC(=O)CN1c1cc(Cl)ccc1C#N. The molecular formula is C13H12ClN3O2. The molecule has 98 valence electrons. The largest absolute Gasteiger partial charge is 0.347 e. The lowest BCUT2D eigenvalue weighted by Gasteiger charge is -2.42. The fourth-order valence-corrected chi connectivity index (χ4v) is 2.16. The molecule has 0 aliphatic carbocycles. The summed E-state index contributed by atoms with van der Waals surface area (Å²) < 4.78 is 0. The molecule has 1 aliphatic heterocycles. The highest BCUT2D eigenvalue weighted by atomic mass is 35.5. The fourth-order valence-electron chi connectivity index (χ4n) is 1.99. The van der Waals surface area contributed by atoms with Crippen molar-refractivity contribution in [2.24, 2.45) is 0 Å². The van der Waals surface area contributed by atoms with Gasteiger partial charge in [-0.15, -0.1) is 0 Å². The van der Waals surface area contributed by atoms with Gasteiger partial charge in [0.1, 0.15) is 11.6 Å². The first-order valence-corrected chi connectivity index (χ1v) is 6.05. The number of carbonyl (C=O) groups is 2. The van der Waals surface area contributed by atoms with Crippen molar-refractivity contribution in [2.45, 2.75) is 19.4 Å². The van der Waals surface area contributed by atoms with Crippen molar-refractivity contribution in [1.82, 2.24) is 5.32 Å². The minimum Gasteiger partial charge on any atom is -0.347 e. The van der Waals surface area contributed by atoms with E-state index in [4.69, 9.17) is 16.9 Å². The van der Waals surface area contributed by atoms with E-state index in [1.54, 1.807) is 36.9 Å². The number of hydrogen-bond donors (Lipinski definition) is 1. The number of piperazine rings is 1. The second-order valence-electron chi connectivity index (χ2n) is 4.80. The molecule has 0 spiro atoms. The number of nitrogens with one attached hydrogen (secondary N) is 1. The molecule has 0 bridgehead atoms. The number of amides is 2. The van der Waals surface area contributed by atoms with Gasteiger partial charge in [0.05, 0.1) is 17.8 Å². The Bertz CT molecular complexity index is 604. The van der Waals surface area contributed by atoms with Crippen LogP contribution in [0.5, 0.6) is 0 Å². The zero-order valence-corrected chi connectivity index (χ0v) is 11.3. The van der Waals surface area contributed by atoms with Gasteiger partial charge in [0.25, 0.3) is 5.91 Å². The molecule has 1 aliphatic rings. The maximum atomic E-state index is 11.9. The molecule has 1 saturated heterocycles. The summed E-state index contributed by atoms with van der Waals surface area (Å²) in [5, 5.41) is 11.9. The standard InChI is InChI=1S/C13H12ClN3O2/c1-13(2)12(19)16-11(18)7-17(13)10-5-9(14)4-3-8(10)6-15/h3-5H,7H2,1-2H3,(H,16,18,19). The first-order valence-electron chi connectivity index (χ1n) is 5.68. The zero-order valence-electron chi connectivity index (χ0n) is 10.5. The highest BCUT2D eigenvalue weighted by Crippen LogP contribution is 2.31. The molecule has 0 radical (unpaired) electrons. The van der Waals surface area contributed by atoms with Crippen molar-refractivity contribution in [3.8, 4) is 6.07 Å². The number of hydrogen-bond acceptors (Lipinski definition) is 4. The van der Waals surface area contributed by atoms with E-state index in [1.165, 1.54) is 0 Å². The molecule has 19 heavy (non-hydrogen) atoms.